The zero-order chi connectivity index (χ0) is 31.8. The summed E-state index contributed by atoms with van der Waals surface area (Å²) in [6.45, 7) is 13.2. The van der Waals surface area contributed by atoms with Crippen LogP contribution < -0.4 is 10.6 Å². The van der Waals surface area contributed by atoms with Crippen LogP contribution in [0.25, 0.3) is 0 Å². The number of amides is 3. The Bertz CT molecular complexity index is 1230. The van der Waals surface area contributed by atoms with E-state index in [2.05, 4.69) is 10.6 Å². The number of hydrogen-bond donors (Lipinski definition) is 3. The Hall–Kier alpha value is -3.92. The largest absolute Gasteiger partial charge is 0.458 e. The lowest BCUT2D eigenvalue weighted by Crippen LogP contribution is -2.55. The molecule has 0 aliphatic carbocycles. The first-order valence-electron chi connectivity index (χ1n) is 13.9. The maximum atomic E-state index is 14.1. The number of nitrogens with zero attached hydrogens (tertiary/aromatic N) is 1. The fourth-order valence-electron chi connectivity index (χ4n) is 4.43. The summed E-state index contributed by atoms with van der Waals surface area (Å²) in [4.78, 5) is 54.6. The van der Waals surface area contributed by atoms with Crippen molar-refractivity contribution in [1.29, 1.82) is 0 Å². The fourth-order valence-corrected chi connectivity index (χ4v) is 4.43. The highest BCUT2D eigenvalue weighted by Gasteiger charge is 2.37. The molecule has 0 saturated carbocycles. The van der Waals surface area contributed by atoms with Gasteiger partial charge in [0, 0.05) is 13.5 Å². The number of ether oxygens (including phenoxy) is 2. The van der Waals surface area contributed by atoms with Crippen molar-refractivity contribution < 1.29 is 33.8 Å². The number of rotatable bonds is 10. The molecule has 0 saturated heterocycles. The van der Waals surface area contributed by atoms with E-state index in [-0.39, 0.29) is 6.42 Å². The van der Waals surface area contributed by atoms with Gasteiger partial charge in [0.25, 0.3) is 0 Å². The summed E-state index contributed by atoms with van der Waals surface area (Å²) in [7, 11) is 1.41. The molecule has 10 nitrogen and oxygen atoms in total. The Balaban J connectivity index is 2.49. The molecular formula is C32H45N3O7. The van der Waals surface area contributed by atoms with Crippen LogP contribution in [-0.2, 0) is 30.3 Å². The van der Waals surface area contributed by atoms with Crippen molar-refractivity contribution in [1.82, 2.24) is 15.5 Å². The Labute approximate surface area is 248 Å². The van der Waals surface area contributed by atoms with Gasteiger partial charge in [-0.2, -0.15) is 0 Å². The number of benzene rings is 2. The summed E-state index contributed by atoms with van der Waals surface area (Å²) < 4.78 is 10.9. The maximum absolute atomic E-state index is 14.1. The number of hydrogen-bond acceptors (Lipinski definition) is 7. The number of aliphatic hydroxyl groups excluding tert-OH is 1. The first-order chi connectivity index (χ1) is 19.4. The second-order valence-electron chi connectivity index (χ2n) is 12.3. The molecule has 0 fully saturated rings. The van der Waals surface area contributed by atoms with Gasteiger partial charge in [-0.25, -0.2) is 9.59 Å². The minimum atomic E-state index is -1.38. The van der Waals surface area contributed by atoms with E-state index in [0.717, 1.165) is 21.6 Å². The molecule has 0 aliphatic rings. The minimum absolute atomic E-state index is 0.165. The lowest BCUT2D eigenvalue weighted by molar-refractivity contribution is -0.159. The number of likely N-dealkylation sites (N-methyl/N-ethyl adjacent to an activating group) is 1. The second-order valence-corrected chi connectivity index (χ2v) is 12.3. The summed E-state index contributed by atoms with van der Waals surface area (Å²) in [6.07, 6.45) is -0.720. The molecule has 3 atom stereocenters. The molecule has 3 amide bonds. The van der Waals surface area contributed by atoms with Crippen LogP contribution in [0, 0.1) is 13.8 Å². The molecule has 10 heteroatoms. The van der Waals surface area contributed by atoms with Crippen LogP contribution in [0.5, 0.6) is 0 Å². The van der Waals surface area contributed by atoms with Gasteiger partial charge >= 0.3 is 12.1 Å². The van der Waals surface area contributed by atoms with E-state index >= 15 is 0 Å². The van der Waals surface area contributed by atoms with Crippen molar-refractivity contribution in [2.75, 3.05) is 13.7 Å². The predicted octanol–water partition coefficient (Wildman–Crippen LogP) is 3.76. The van der Waals surface area contributed by atoms with Crippen LogP contribution in [0.15, 0.2) is 48.5 Å². The van der Waals surface area contributed by atoms with Gasteiger partial charge in [-0.3, -0.25) is 9.59 Å². The van der Waals surface area contributed by atoms with Gasteiger partial charge in [0.2, 0.25) is 11.8 Å². The van der Waals surface area contributed by atoms with Gasteiger partial charge in [0.1, 0.15) is 29.3 Å². The van der Waals surface area contributed by atoms with E-state index in [1.807, 2.05) is 62.4 Å². The molecule has 0 radical (unpaired) electrons. The second kappa shape index (κ2) is 14.3. The summed E-state index contributed by atoms with van der Waals surface area (Å²) in [5.74, 6) is -1.96. The highest BCUT2D eigenvalue weighted by molar-refractivity contribution is 5.94. The summed E-state index contributed by atoms with van der Waals surface area (Å²) in [5, 5.41) is 15.2. The number of carbonyl (C=O) groups is 4. The SMILES string of the molecule is Cc1cccc(C)c1C(C(=O)NC(Cc1ccccc1)C(=O)OC(C)(C)C)N(C)C(=O)C(CO)NC(=O)OC(C)(C)C. The third-order valence-corrected chi connectivity index (χ3v) is 6.26. The molecule has 230 valence electrons. The predicted molar refractivity (Wildman–Crippen MR) is 160 cm³/mol. The van der Waals surface area contributed by atoms with E-state index in [4.69, 9.17) is 9.47 Å². The summed E-state index contributed by atoms with van der Waals surface area (Å²) >= 11 is 0. The monoisotopic (exact) mass is 583 g/mol. The van der Waals surface area contributed by atoms with Crippen LogP contribution in [0.3, 0.4) is 0 Å². The molecule has 2 aromatic rings. The number of alkyl carbamates (subject to hydrolysis) is 1. The zero-order valence-electron chi connectivity index (χ0n) is 26.1. The highest BCUT2D eigenvalue weighted by atomic mass is 16.6. The van der Waals surface area contributed by atoms with Crippen LogP contribution >= 0.6 is 0 Å². The molecule has 3 unspecified atom stereocenters. The van der Waals surface area contributed by atoms with Gasteiger partial charge in [0.05, 0.1) is 6.61 Å². The van der Waals surface area contributed by atoms with E-state index in [9.17, 15) is 24.3 Å². The van der Waals surface area contributed by atoms with Gasteiger partial charge in [-0.15, -0.1) is 0 Å². The van der Waals surface area contributed by atoms with Crippen molar-refractivity contribution >= 4 is 23.9 Å². The molecule has 3 N–H and O–H groups in total. The normalized spacial score (nSPS) is 13.8. The molecule has 0 aliphatic heterocycles. The maximum Gasteiger partial charge on any atom is 0.408 e. The Kier molecular flexibility index (Phi) is 11.7. The molecular weight excluding hydrogens is 538 g/mol. The molecule has 0 bridgehead atoms. The molecule has 0 spiro atoms. The quantitative estimate of drug-likeness (QED) is 0.363. The van der Waals surface area contributed by atoms with Gasteiger partial charge < -0.3 is 30.1 Å². The number of aryl methyl sites for hydroxylation is 2. The van der Waals surface area contributed by atoms with Crippen LogP contribution in [-0.4, -0.2) is 70.8 Å². The van der Waals surface area contributed by atoms with Crippen LogP contribution in [0.1, 0.15) is 69.8 Å². The molecule has 0 heterocycles. The van der Waals surface area contributed by atoms with E-state index in [1.54, 1.807) is 41.5 Å². The van der Waals surface area contributed by atoms with E-state index in [0.29, 0.717) is 5.56 Å². The average molecular weight is 584 g/mol. The standard InChI is InChI=1S/C32H45N3O7/c1-20-14-13-15-21(2)25(20)26(35(9)28(38)24(19-36)34-30(40)42-32(6,7)8)27(37)33-23(29(39)41-31(3,4)5)18-22-16-11-10-12-17-22/h10-17,23-24,26,36H,18-19H2,1-9H3,(H,33,37)(H,34,40). The molecule has 42 heavy (non-hydrogen) atoms. The zero-order valence-corrected chi connectivity index (χ0v) is 26.1. The van der Waals surface area contributed by atoms with Crippen molar-refractivity contribution in [3.8, 4) is 0 Å². The Morgan fingerprint density at radius 1 is 0.810 bits per heavy atom. The van der Waals surface area contributed by atoms with Gasteiger partial charge in [-0.05, 0) is 77.6 Å². The molecule has 2 aromatic carbocycles. The lowest BCUT2D eigenvalue weighted by Gasteiger charge is -2.33. The minimum Gasteiger partial charge on any atom is -0.458 e. The van der Waals surface area contributed by atoms with Gasteiger partial charge in [0.15, 0.2) is 0 Å². The number of esters is 1. The first kappa shape index (κ1) is 34.3. The third kappa shape index (κ3) is 10.2. The van der Waals surface area contributed by atoms with E-state index in [1.165, 1.54) is 7.05 Å². The smallest absolute Gasteiger partial charge is 0.408 e. The van der Waals surface area contributed by atoms with E-state index < -0.39 is 59.8 Å². The number of carbonyl (C=O) groups excluding carboxylic acids is 4. The summed E-state index contributed by atoms with van der Waals surface area (Å²) in [6, 6.07) is 11.1. The van der Waals surface area contributed by atoms with Crippen molar-refractivity contribution in [3.05, 3.63) is 70.8 Å². The van der Waals surface area contributed by atoms with Crippen LogP contribution in [0.4, 0.5) is 4.79 Å². The number of aliphatic hydroxyl groups is 1. The average Bonchev–Trinajstić information content (AvgIpc) is 2.86. The van der Waals surface area contributed by atoms with Crippen LogP contribution in [0.2, 0.25) is 0 Å². The third-order valence-electron chi connectivity index (χ3n) is 6.26. The number of nitrogens with one attached hydrogen (secondary N) is 2. The summed E-state index contributed by atoms with van der Waals surface area (Å²) in [5.41, 5.74) is 1.23. The van der Waals surface area contributed by atoms with Crippen molar-refractivity contribution in [3.63, 3.8) is 0 Å². The Morgan fingerprint density at radius 2 is 1.36 bits per heavy atom. The molecule has 0 aromatic heterocycles. The fraction of sp³-hybridized carbons (Fsp3) is 0.500. The highest BCUT2D eigenvalue weighted by Crippen LogP contribution is 2.28. The van der Waals surface area contributed by atoms with Crippen molar-refractivity contribution in [2.45, 2.75) is 91.1 Å². The lowest BCUT2D eigenvalue weighted by atomic mass is 9.93. The molecule has 2 rings (SSSR count). The van der Waals surface area contributed by atoms with Crippen molar-refractivity contribution in [2.24, 2.45) is 0 Å². The Morgan fingerprint density at radius 3 is 1.86 bits per heavy atom. The topological polar surface area (TPSA) is 134 Å². The van der Waals surface area contributed by atoms with Gasteiger partial charge in [-0.1, -0.05) is 48.5 Å². The first-order valence-corrected chi connectivity index (χ1v) is 13.9.